The van der Waals surface area contributed by atoms with Gasteiger partial charge in [-0.2, -0.15) is 0 Å². The van der Waals surface area contributed by atoms with E-state index >= 15 is 0 Å². The Morgan fingerprint density at radius 2 is 1.75 bits per heavy atom. The molecule has 32 heavy (non-hydrogen) atoms. The van der Waals surface area contributed by atoms with Crippen LogP contribution in [0.3, 0.4) is 0 Å². The summed E-state index contributed by atoms with van der Waals surface area (Å²) in [6, 6.07) is 13.3. The van der Waals surface area contributed by atoms with Gasteiger partial charge in [-0.25, -0.2) is 0 Å². The number of amides is 2. The van der Waals surface area contributed by atoms with Crippen molar-refractivity contribution in [1.29, 1.82) is 0 Å². The molecule has 4 rings (SSSR count). The Bertz CT molecular complexity index is 1220. The van der Waals surface area contributed by atoms with Crippen molar-refractivity contribution in [3.8, 4) is 17.2 Å². The van der Waals surface area contributed by atoms with E-state index in [-0.39, 0.29) is 11.6 Å². The van der Waals surface area contributed by atoms with Crippen LogP contribution in [0.1, 0.15) is 22.5 Å². The maximum Gasteiger partial charge on any atom is 0.277 e. The van der Waals surface area contributed by atoms with Crippen LogP contribution in [0, 0.1) is 0 Å². The minimum atomic E-state index is -0.499. The highest BCUT2D eigenvalue weighted by Gasteiger charge is 2.31. The number of ether oxygens (including phenoxy) is 3. The Morgan fingerprint density at radius 1 is 1.03 bits per heavy atom. The zero-order chi connectivity index (χ0) is 22.8. The Balaban J connectivity index is 1.95. The fourth-order valence-electron chi connectivity index (χ4n) is 3.97. The number of carbonyl (C=O) groups is 2. The van der Waals surface area contributed by atoms with Gasteiger partial charge in [0.25, 0.3) is 11.8 Å². The van der Waals surface area contributed by atoms with Gasteiger partial charge in [-0.15, -0.1) is 0 Å². The summed E-state index contributed by atoms with van der Waals surface area (Å²) in [6.07, 6.45) is 2.14. The number of nitrogens with zero attached hydrogens (tertiary/aromatic N) is 2. The van der Waals surface area contributed by atoms with Crippen LogP contribution < -0.4 is 14.2 Å². The predicted molar refractivity (Wildman–Crippen MR) is 122 cm³/mol. The monoisotopic (exact) mass is 454 g/mol. The van der Waals surface area contributed by atoms with Crippen molar-refractivity contribution in [3.05, 3.63) is 64.8 Å². The van der Waals surface area contributed by atoms with Gasteiger partial charge in [-0.05, 0) is 24.1 Å². The first-order valence-corrected chi connectivity index (χ1v) is 10.5. The van der Waals surface area contributed by atoms with Crippen LogP contribution in [0.4, 0.5) is 0 Å². The maximum atomic E-state index is 13.5. The van der Waals surface area contributed by atoms with Gasteiger partial charge in [0.1, 0.15) is 10.7 Å². The first kappa shape index (κ1) is 21.8. The third-order valence-corrected chi connectivity index (χ3v) is 5.78. The summed E-state index contributed by atoms with van der Waals surface area (Å²) in [6.45, 7) is 0.660. The molecule has 1 aliphatic rings. The van der Waals surface area contributed by atoms with Gasteiger partial charge in [0, 0.05) is 18.5 Å². The molecule has 0 radical (unpaired) electrons. The van der Waals surface area contributed by atoms with Crippen molar-refractivity contribution in [2.45, 2.75) is 13.0 Å². The van der Waals surface area contributed by atoms with Crippen LogP contribution in [0.5, 0.6) is 17.2 Å². The minimum Gasteiger partial charge on any atom is -0.493 e. The second-order valence-electron chi connectivity index (χ2n) is 7.29. The van der Waals surface area contributed by atoms with Gasteiger partial charge in [-0.1, -0.05) is 48.0 Å². The van der Waals surface area contributed by atoms with Crippen LogP contribution in [-0.2, 0) is 11.3 Å². The lowest BCUT2D eigenvalue weighted by Crippen LogP contribution is -2.40. The Labute approximate surface area is 190 Å². The van der Waals surface area contributed by atoms with Gasteiger partial charge in [0.15, 0.2) is 11.5 Å². The highest BCUT2D eigenvalue weighted by atomic mass is 35.5. The van der Waals surface area contributed by atoms with E-state index in [4.69, 9.17) is 25.8 Å². The topological polar surface area (TPSA) is 70.0 Å². The zero-order valence-corrected chi connectivity index (χ0v) is 18.8. The highest BCUT2D eigenvalue weighted by Crippen LogP contribution is 2.44. The van der Waals surface area contributed by atoms with Crippen molar-refractivity contribution >= 4 is 34.3 Å². The first-order valence-electron chi connectivity index (χ1n) is 10.1. The predicted octanol–water partition coefficient (Wildman–Crippen LogP) is 4.21. The summed E-state index contributed by atoms with van der Waals surface area (Å²) < 4.78 is 18.6. The molecule has 0 spiro atoms. The third kappa shape index (κ3) is 3.69. The molecule has 0 aliphatic carbocycles. The first-order chi connectivity index (χ1) is 15.5. The van der Waals surface area contributed by atoms with Crippen LogP contribution in [0.25, 0.3) is 10.9 Å². The van der Waals surface area contributed by atoms with Crippen LogP contribution in [0.2, 0.25) is 0 Å². The van der Waals surface area contributed by atoms with E-state index in [9.17, 15) is 9.59 Å². The van der Waals surface area contributed by atoms with Crippen molar-refractivity contribution in [1.82, 2.24) is 9.47 Å². The molecule has 0 N–H and O–H groups in total. The van der Waals surface area contributed by atoms with Gasteiger partial charge in [0.2, 0.25) is 5.75 Å². The molecule has 0 bridgehead atoms. The number of hydrogen-bond donors (Lipinski definition) is 0. The lowest BCUT2D eigenvalue weighted by atomic mass is 10.2. The Kier molecular flexibility index (Phi) is 6.10. The SMILES string of the molecule is COc1cc2cc(C(=O)N3CCC=C(Cl)C3=O)n(Cc3ccccc3)c2c(OC)c1OC. The number of hydrogen-bond acceptors (Lipinski definition) is 5. The van der Waals surface area contributed by atoms with E-state index in [1.54, 1.807) is 18.2 Å². The fraction of sp³-hybridized carbons (Fsp3) is 0.250. The zero-order valence-electron chi connectivity index (χ0n) is 18.1. The second-order valence-corrected chi connectivity index (χ2v) is 7.69. The van der Waals surface area contributed by atoms with Gasteiger partial charge in [-0.3, -0.25) is 14.5 Å². The molecule has 1 aromatic heterocycles. The molecule has 0 saturated heterocycles. The second kappa shape index (κ2) is 8.96. The summed E-state index contributed by atoms with van der Waals surface area (Å²) in [7, 11) is 4.61. The average Bonchev–Trinajstić information content (AvgIpc) is 3.17. The molecule has 0 atom stereocenters. The number of aromatic nitrogens is 1. The Morgan fingerprint density at radius 3 is 2.41 bits per heavy atom. The Hall–Kier alpha value is -3.45. The molecule has 2 heterocycles. The number of benzene rings is 2. The smallest absolute Gasteiger partial charge is 0.277 e. The van der Waals surface area contributed by atoms with Crippen molar-refractivity contribution in [3.63, 3.8) is 0 Å². The van der Waals surface area contributed by atoms with Crippen LogP contribution in [0.15, 0.2) is 53.6 Å². The lowest BCUT2D eigenvalue weighted by molar-refractivity contribution is -0.124. The number of halogens is 1. The standard InChI is InChI=1S/C24H23ClN2O5/c1-30-19-13-16-12-18(24(29)26-11-7-10-17(25)23(26)28)27(14-15-8-5-4-6-9-15)20(16)22(32-3)21(19)31-2/h4-6,8-10,12-13H,7,11,14H2,1-3H3. The summed E-state index contributed by atoms with van der Waals surface area (Å²) in [5, 5.41) is 0.779. The molecule has 1 aliphatic heterocycles. The van der Waals surface area contributed by atoms with E-state index in [2.05, 4.69) is 0 Å². The molecular weight excluding hydrogens is 432 g/mol. The molecular formula is C24H23ClN2O5. The van der Waals surface area contributed by atoms with E-state index in [0.717, 1.165) is 10.9 Å². The molecule has 2 aromatic carbocycles. The third-order valence-electron chi connectivity index (χ3n) is 5.46. The van der Waals surface area contributed by atoms with Crippen LogP contribution in [-0.4, -0.2) is 49.2 Å². The minimum absolute atomic E-state index is 0.0521. The molecule has 0 saturated carbocycles. The number of fused-ring (bicyclic) bond motifs is 1. The van der Waals surface area contributed by atoms with E-state index in [1.165, 1.54) is 26.2 Å². The molecule has 3 aromatic rings. The summed E-state index contributed by atoms with van der Waals surface area (Å²) in [5.74, 6) is 0.427. The van der Waals surface area contributed by atoms with Gasteiger partial charge >= 0.3 is 0 Å². The molecule has 2 amide bonds. The fourth-order valence-corrected chi connectivity index (χ4v) is 4.18. The van der Waals surface area contributed by atoms with Crippen molar-refractivity contribution < 1.29 is 23.8 Å². The summed E-state index contributed by atoms with van der Waals surface area (Å²) in [4.78, 5) is 27.3. The van der Waals surface area contributed by atoms with Crippen LogP contribution >= 0.6 is 11.6 Å². The van der Waals surface area contributed by atoms with Crippen molar-refractivity contribution in [2.24, 2.45) is 0 Å². The largest absolute Gasteiger partial charge is 0.493 e. The maximum absolute atomic E-state index is 13.5. The van der Waals surface area contributed by atoms with Gasteiger partial charge in [0.05, 0.1) is 26.8 Å². The van der Waals surface area contributed by atoms with E-state index in [1.807, 2.05) is 34.9 Å². The van der Waals surface area contributed by atoms with Crippen molar-refractivity contribution in [2.75, 3.05) is 27.9 Å². The number of methoxy groups -OCH3 is 3. The lowest BCUT2D eigenvalue weighted by Gasteiger charge is -2.24. The summed E-state index contributed by atoms with van der Waals surface area (Å²) >= 11 is 6.03. The molecule has 0 fully saturated rings. The quantitative estimate of drug-likeness (QED) is 0.522. The molecule has 0 unspecified atom stereocenters. The number of rotatable bonds is 6. The number of imide groups is 1. The van der Waals surface area contributed by atoms with E-state index in [0.29, 0.717) is 41.4 Å². The van der Waals surface area contributed by atoms with E-state index < -0.39 is 11.8 Å². The summed E-state index contributed by atoms with van der Waals surface area (Å²) in [5.41, 5.74) is 2.00. The molecule has 166 valence electrons. The normalized spacial score (nSPS) is 13.8. The molecule has 7 nitrogen and oxygen atoms in total. The molecule has 8 heteroatoms. The number of carbonyl (C=O) groups excluding carboxylic acids is 2. The average molecular weight is 455 g/mol. The highest BCUT2D eigenvalue weighted by molar-refractivity contribution is 6.43. The van der Waals surface area contributed by atoms with Gasteiger partial charge < -0.3 is 18.8 Å².